The number of aromatic nitrogens is 3. The molecular formula is C18H24N4O. The minimum atomic E-state index is 0.0373. The van der Waals surface area contributed by atoms with Gasteiger partial charge in [0, 0.05) is 36.7 Å². The zero-order chi connectivity index (χ0) is 16.2. The summed E-state index contributed by atoms with van der Waals surface area (Å²) in [6, 6.07) is 3.91. The Labute approximate surface area is 137 Å². The van der Waals surface area contributed by atoms with E-state index in [2.05, 4.69) is 29.0 Å². The number of amides is 1. The molecular weight excluding hydrogens is 288 g/mol. The second-order valence-corrected chi connectivity index (χ2v) is 6.46. The van der Waals surface area contributed by atoms with Crippen molar-refractivity contribution in [1.29, 1.82) is 0 Å². The Bertz CT molecular complexity index is 665. The number of hydrogen-bond acceptors (Lipinski definition) is 3. The number of aromatic amines is 1. The first kappa shape index (κ1) is 15.7. The number of H-pyrrole nitrogens is 1. The van der Waals surface area contributed by atoms with Gasteiger partial charge in [-0.2, -0.15) is 5.10 Å². The molecule has 5 nitrogen and oxygen atoms in total. The number of hydrogen-bond donors (Lipinski definition) is 1. The summed E-state index contributed by atoms with van der Waals surface area (Å²) in [6.07, 6.45) is 7.57. The summed E-state index contributed by atoms with van der Waals surface area (Å²) in [5.74, 6) is 0.654. The van der Waals surface area contributed by atoms with Gasteiger partial charge in [0.1, 0.15) is 0 Å². The second kappa shape index (κ2) is 6.94. The maximum Gasteiger partial charge on any atom is 0.274 e. The first-order chi connectivity index (χ1) is 11.2. The van der Waals surface area contributed by atoms with Gasteiger partial charge in [0.2, 0.25) is 0 Å². The Morgan fingerprint density at radius 3 is 2.91 bits per heavy atom. The normalized spacial score (nSPS) is 16.9. The van der Waals surface area contributed by atoms with Gasteiger partial charge in [0.15, 0.2) is 5.69 Å². The summed E-state index contributed by atoms with van der Waals surface area (Å²) in [4.78, 5) is 18.9. The predicted molar refractivity (Wildman–Crippen MR) is 89.0 cm³/mol. The van der Waals surface area contributed by atoms with Crippen molar-refractivity contribution in [1.82, 2.24) is 20.1 Å². The average molecular weight is 312 g/mol. The quantitative estimate of drug-likeness (QED) is 0.923. The van der Waals surface area contributed by atoms with E-state index in [-0.39, 0.29) is 5.91 Å². The van der Waals surface area contributed by atoms with E-state index in [0.717, 1.165) is 42.6 Å². The van der Waals surface area contributed by atoms with Gasteiger partial charge in [-0.3, -0.25) is 14.9 Å². The first-order valence-corrected chi connectivity index (χ1v) is 8.43. The van der Waals surface area contributed by atoms with Crippen LogP contribution < -0.4 is 0 Å². The number of carbonyl (C=O) groups is 1. The van der Waals surface area contributed by atoms with E-state index in [9.17, 15) is 4.79 Å². The molecule has 0 aliphatic heterocycles. The lowest BCUT2D eigenvalue weighted by Gasteiger charge is -2.23. The highest BCUT2D eigenvalue weighted by molar-refractivity contribution is 5.94. The SMILES string of the molecule is CCCN(Cc1ccncc1)C(=O)c1n[nH]c2c1C[C@H](C)CC2. The van der Waals surface area contributed by atoms with E-state index in [1.54, 1.807) is 12.4 Å². The Morgan fingerprint density at radius 2 is 2.17 bits per heavy atom. The van der Waals surface area contributed by atoms with Crippen molar-refractivity contribution >= 4 is 5.91 Å². The van der Waals surface area contributed by atoms with Gasteiger partial charge >= 0.3 is 0 Å². The van der Waals surface area contributed by atoms with Crippen LogP contribution in [0.3, 0.4) is 0 Å². The number of fused-ring (bicyclic) bond motifs is 1. The molecule has 1 atom stereocenters. The van der Waals surface area contributed by atoms with Crippen LogP contribution in [0.1, 0.15) is 54.0 Å². The molecule has 122 valence electrons. The molecule has 1 N–H and O–H groups in total. The van der Waals surface area contributed by atoms with Crippen molar-refractivity contribution in [3.05, 3.63) is 47.0 Å². The summed E-state index contributed by atoms with van der Waals surface area (Å²) in [5, 5.41) is 7.43. The third-order valence-corrected chi connectivity index (χ3v) is 4.50. The number of nitrogens with zero attached hydrogens (tertiary/aromatic N) is 3. The highest BCUT2D eigenvalue weighted by Crippen LogP contribution is 2.27. The first-order valence-electron chi connectivity index (χ1n) is 8.43. The zero-order valence-corrected chi connectivity index (χ0v) is 13.9. The van der Waals surface area contributed by atoms with Crippen molar-refractivity contribution in [2.24, 2.45) is 5.92 Å². The van der Waals surface area contributed by atoms with Crippen LogP contribution >= 0.6 is 0 Å². The van der Waals surface area contributed by atoms with Crippen molar-refractivity contribution in [3.8, 4) is 0 Å². The van der Waals surface area contributed by atoms with Gasteiger partial charge in [-0.25, -0.2) is 0 Å². The summed E-state index contributed by atoms with van der Waals surface area (Å²) < 4.78 is 0. The Morgan fingerprint density at radius 1 is 1.39 bits per heavy atom. The molecule has 0 saturated carbocycles. The third-order valence-electron chi connectivity index (χ3n) is 4.50. The highest BCUT2D eigenvalue weighted by Gasteiger charge is 2.27. The van der Waals surface area contributed by atoms with E-state index in [4.69, 9.17) is 0 Å². The van der Waals surface area contributed by atoms with E-state index in [1.165, 1.54) is 6.42 Å². The monoisotopic (exact) mass is 312 g/mol. The molecule has 0 aromatic carbocycles. The van der Waals surface area contributed by atoms with Gasteiger partial charge in [-0.1, -0.05) is 13.8 Å². The largest absolute Gasteiger partial charge is 0.333 e. The maximum atomic E-state index is 13.0. The van der Waals surface area contributed by atoms with Crippen LogP contribution in [0.25, 0.3) is 0 Å². The highest BCUT2D eigenvalue weighted by atomic mass is 16.2. The Kier molecular flexibility index (Phi) is 4.74. The average Bonchev–Trinajstić information content (AvgIpc) is 2.97. The Balaban J connectivity index is 1.83. The van der Waals surface area contributed by atoms with Crippen LogP contribution in [-0.4, -0.2) is 32.5 Å². The predicted octanol–water partition coefficient (Wildman–Crippen LogP) is 2.98. The summed E-state index contributed by atoms with van der Waals surface area (Å²) >= 11 is 0. The van der Waals surface area contributed by atoms with E-state index in [1.807, 2.05) is 17.0 Å². The molecule has 0 fully saturated rings. The van der Waals surface area contributed by atoms with Gasteiger partial charge in [-0.05, 0) is 49.3 Å². The van der Waals surface area contributed by atoms with Crippen LogP contribution in [0.15, 0.2) is 24.5 Å². The smallest absolute Gasteiger partial charge is 0.274 e. The fourth-order valence-electron chi connectivity index (χ4n) is 3.23. The van der Waals surface area contributed by atoms with Gasteiger partial charge in [0.25, 0.3) is 5.91 Å². The molecule has 2 aromatic heterocycles. The summed E-state index contributed by atoms with van der Waals surface area (Å²) in [5.41, 5.74) is 3.99. The summed E-state index contributed by atoms with van der Waals surface area (Å²) in [7, 11) is 0. The number of aryl methyl sites for hydroxylation is 1. The van der Waals surface area contributed by atoms with Crippen molar-refractivity contribution in [2.75, 3.05) is 6.54 Å². The van der Waals surface area contributed by atoms with Gasteiger partial charge < -0.3 is 4.90 Å². The number of carbonyl (C=O) groups excluding carboxylic acids is 1. The lowest BCUT2D eigenvalue weighted by atomic mass is 9.87. The minimum Gasteiger partial charge on any atom is -0.333 e. The van der Waals surface area contributed by atoms with Crippen LogP contribution in [-0.2, 0) is 19.4 Å². The number of nitrogens with one attached hydrogen (secondary N) is 1. The van der Waals surface area contributed by atoms with E-state index >= 15 is 0 Å². The van der Waals surface area contributed by atoms with Crippen molar-refractivity contribution in [3.63, 3.8) is 0 Å². The molecule has 2 heterocycles. The molecule has 1 aliphatic carbocycles. The van der Waals surface area contributed by atoms with Crippen molar-refractivity contribution < 1.29 is 4.79 Å². The second-order valence-electron chi connectivity index (χ2n) is 6.46. The van der Waals surface area contributed by atoms with Crippen LogP contribution in [0.5, 0.6) is 0 Å². The van der Waals surface area contributed by atoms with E-state index in [0.29, 0.717) is 18.2 Å². The molecule has 1 aliphatic rings. The van der Waals surface area contributed by atoms with Crippen LogP contribution in [0.2, 0.25) is 0 Å². The molecule has 0 radical (unpaired) electrons. The standard InChI is InChI=1S/C18H24N4O/c1-3-10-22(12-14-6-8-19-9-7-14)18(23)17-15-11-13(2)4-5-16(15)20-21-17/h6-9,13H,3-5,10-12H2,1-2H3,(H,20,21)/t13-/m1/s1. The zero-order valence-electron chi connectivity index (χ0n) is 13.9. The molecule has 2 aromatic rings. The third kappa shape index (κ3) is 3.44. The topological polar surface area (TPSA) is 61.9 Å². The molecule has 1 amide bonds. The fraction of sp³-hybridized carbons (Fsp3) is 0.500. The van der Waals surface area contributed by atoms with Gasteiger partial charge in [0.05, 0.1) is 0 Å². The fourth-order valence-corrected chi connectivity index (χ4v) is 3.23. The minimum absolute atomic E-state index is 0.0373. The van der Waals surface area contributed by atoms with Crippen LogP contribution in [0, 0.1) is 5.92 Å². The van der Waals surface area contributed by atoms with E-state index < -0.39 is 0 Å². The lowest BCUT2D eigenvalue weighted by molar-refractivity contribution is 0.0735. The molecule has 3 rings (SSSR count). The van der Waals surface area contributed by atoms with Crippen molar-refractivity contribution in [2.45, 2.75) is 46.1 Å². The molecule has 5 heteroatoms. The number of rotatable bonds is 5. The van der Waals surface area contributed by atoms with Gasteiger partial charge in [-0.15, -0.1) is 0 Å². The number of pyridine rings is 1. The molecule has 0 saturated heterocycles. The van der Waals surface area contributed by atoms with Crippen LogP contribution in [0.4, 0.5) is 0 Å². The maximum absolute atomic E-state index is 13.0. The molecule has 0 unspecified atom stereocenters. The summed E-state index contributed by atoms with van der Waals surface area (Å²) in [6.45, 7) is 5.67. The molecule has 0 bridgehead atoms. The lowest BCUT2D eigenvalue weighted by Crippen LogP contribution is -2.32. The Hall–Kier alpha value is -2.17. The molecule has 0 spiro atoms. The molecule has 23 heavy (non-hydrogen) atoms.